The van der Waals surface area contributed by atoms with Gasteiger partial charge in [-0.05, 0) is 62.7 Å². The van der Waals surface area contributed by atoms with Crippen molar-refractivity contribution in [2.75, 3.05) is 13.2 Å². The standard InChI is InChI=1S/C18H32O2/c1(2-4-8-16-14-17(16)15-10-11-15)3-6-12-19-18-9-5-7-13-20-18/h15-18H,1-14H2/t16-,17+,18?/m1/s1. The Morgan fingerprint density at radius 3 is 2.55 bits per heavy atom. The van der Waals surface area contributed by atoms with Crippen LogP contribution in [0.15, 0.2) is 0 Å². The molecule has 0 spiro atoms. The SMILES string of the molecule is C(CCCOC1CCCCO1)CCC[C@@H]1C[C@H]1C1CC1. The van der Waals surface area contributed by atoms with Gasteiger partial charge in [-0.15, -0.1) is 0 Å². The van der Waals surface area contributed by atoms with E-state index in [0.29, 0.717) is 0 Å². The molecule has 0 amide bonds. The zero-order valence-corrected chi connectivity index (χ0v) is 13.0. The predicted octanol–water partition coefficient (Wildman–Crippen LogP) is 4.92. The lowest BCUT2D eigenvalue weighted by atomic mass is 10.1. The Kier molecular flexibility index (Phi) is 5.78. The number of unbranched alkanes of at least 4 members (excludes halogenated alkanes) is 4. The summed E-state index contributed by atoms with van der Waals surface area (Å²) in [6.07, 6.45) is 16.7. The highest BCUT2D eigenvalue weighted by atomic mass is 16.7. The second-order valence-corrected chi connectivity index (χ2v) is 7.22. The predicted molar refractivity (Wildman–Crippen MR) is 81.6 cm³/mol. The van der Waals surface area contributed by atoms with E-state index in [1.165, 1.54) is 63.2 Å². The van der Waals surface area contributed by atoms with Gasteiger partial charge in [-0.25, -0.2) is 0 Å². The molecule has 20 heavy (non-hydrogen) atoms. The molecule has 2 saturated carbocycles. The van der Waals surface area contributed by atoms with Crippen LogP contribution >= 0.6 is 0 Å². The minimum absolute atomic E-state index is 0.109. The lowest BCUT2D eigenvalue weighted by molar-refractivity contribution is -0.162. The van der Waals surface area contributed by atoms with Gasteiger partial charge in [0.25, 0.3) is 0 Å². The molecule has 0 radical (unpaired) electrons. The second-order valence-electron chi connectivity index (χ2n) is 7.22. The van der Waals surface area contributed by atoms with E-state index in [-0.39, 0.29) is 6.29 Å². The van der Waals surface area contributed by atoms with Crippen molar-refractivity contribution < 1.29 is 9.47 Å². The fourth-order valence-corrected chi connectivity index (χ4v) is 3.80. The van der Waals surface area contributed by atoms with Crippen LogP contribution in [-0.4, -0.2) is 19.5 Å². The second kappa shape index (κ2) is 7.79. The molecule has 0 aromatic rings. The van der Waals surface area contributed by atoms with E-state index in [1.807, 2.05) is 0 Å². The van der Waals surface area contributed by atoms with Crippen LogP contribution in [-0.2, 0) is 9.47 Å². The summed E-state index contributed by atoms with van der Waals surface area (Å²) in [5, 5.41) is 0. The Morgan fingerprint density at radius 1 is 0.900 bits per heavy atom. The Hall–Kier alpha value is -0.0800. The Labute approximate surface area is 124 Å². The first-order chi connectivity index (χ1) is 9.93. The molecular weight excluding hydrogens is 248 g/mol. The molecule has 0 bridgehead atoms. The topological polar surface area (TPSA) is 18.5 Å². The van der Waals surface area contributed by atoms with E-state index >= 15 is 0 Å². The maximum atomic E-state index is 5.76. The average molecular weight is 280 g/mol. The van der Waals surface area contributed by atoms with Gasteiger partial charge in [0.2, 0.25) is 0 Å². The van der Waals surface area contributed by atoms with Gasteiger partial charge in [0.1, 0.15) is 0 Å². The minimum atomic E-state index is 0.109. The van der Waals surface area contributed by atoms with Crippen LogP contribution in [0.1, 0.15) is 77.0 Å². The molecule has 1 unspecified atom stereocenters. The van der Waals surface area contributed by atoms with Crippen LogP contribution in [0.2, 0.25) is 0 Å². The Morgan fingerprint density at radius 2 is 1.75 bits per heavy atom. The van der Waals surface area contributed by atoms with Crippen LogP contribution in [0.3, 0.4) is 0 Å². The van der Waals surface area contributed by atoms with Crippen molar-refractivity contribution in [3.63, 3.8) is 0 Å². The summed E-state index contributed by atoms with van der Waals surface area (Å²) >= 11 is 0. The highest BCUT2D eigenvalue weighted by Crippen LogP contribution is 2.56. The Balaban J connectivity index is 1.07. The lowest BCUT2D eigenvalue weighted by Crippen LogP contribution is -2.22. The van der Waals surface area contributed by atoms with Gasteiger partial charge in [0.05, 0.1) is 0 Å². The van der Waals surface area contributed by atoms with Gasteiger partial charge in [-0.2, -0.15) is 0 Å². The quantitative estimate of drug-likeness (QED) is 0.529. The summed E-state index contributed by atoms with van der Waals surface area (Å²) < 4.78 is 11.3. The van der Waals surface area contributed by atoms with Crippen molar-refractivity contribution in [3.05, 3.63) is 0 Å². The van der Waals surface area contributed by atoms with Crippen molar-refractivity contribution in [1.82, 2.24) is 0 Å². The summed E-state index contributed by atoms with van der Waals surface area (Å²) in [6.45, 7) is 1.80. The minimum Gasteiger partial charge on any atom is -0.353 e. The molecule has 3 rings (SSSR count). The van der Waals surface area contributed by atoms with Crippen molar-refractivity contribution >= 4 is 0 Å². The highest BCUT2D eigenvalue weighted by Gasteiger charge is 2.46. The van der Waals surface area contributed by atoms with Gasteiger partial charge in [0, 0.05) is 13.2 Å². The van der Waals surface area contributed by atoms with Crippen LogP contribution < -0.4 is 0 Å². The molecule has 116 valence electrons. The molecule has 3 aliphatic rings. The summed E-state index contributed by atoms with van der Waals surface area (Å²) in [4.78, 5) is 0. The van der Waals surface area contributed by atoms with Gasteiger partial charge in [-0.1, -0.05) is 32.1 Å². The van der Waals surface area contributed by atoms with Crippen molar-refractivity contribution in [1.29, 1.82) is 0 Å². The molecule has 0 aromatic heterocycles. The number of hydrogen-bond acceptors (Lipinski definition) is 2. The van der Waals surface area contributed by atoms with Gasteiger partial charge in [-0.3, -0.25) is 0 Å². The molecular formula is C18H32O2. The maximum absolute atomic E-state index is 5.76. The fraction of sp³-hybridized carbons (Fsp3) is 1.00. The molecule has 1 saturated heterocycles. The smallest absolute Gasteiger partial charge is 0.157 e. The number of ether oxygens (including phenoxy) is 2. The third kappa shape index (κ3) is 5.04. The first-order valence-corrected chi connectivity index (χ1v) is 9.16. The summed E-state index contributed by atoms with van der Waals surface area (Å²) in [6, 6.07) is 0. The van der Waals surface area contributed by atoms with Crippen molar-refractivity contribution in [2.45, 2.75) is 83.3 Å². The van der Waals surface area contributed by atoms with Gasteiger partial charge >= 0.3 is 0 Å². The van der Waals surface area contributed by atoms with Crippen LogP contribution in [0.5, 0.6) is 0 Å². The van der Waals surface area contributed by atoms with E-state index in [0.717, 1.165) is 25.6 Å². The van der Waals surface area contributed by atoms with E-state index in [4.69, 9.17) is 9.47 Å². The van der Waals surface area contributed by atoms with Crippen LogP contribution in [0.4, 0.5) is 0 Å². The number of hydrogen-bond donors (Lipinski definition) is 0. The first-order valence-electron chi connectivity index (χ1n) is 9.16. The highest BCUT2D eigenvalue weighted by molar-refractivity contribution is 4.96. The van der Waals surface area contributed by atoms with Crippen LogP contribution in [0.25, 0.3) is 0 Å². The first kappa shape index (κ1) is 14.8. The molecule has 3 fully saturated rings. The third-order valence-electron chi connectivity index (χ3n) is 5.37. The Bertz CT molecular complexity index is 269. The van der Waals surface area contributed by atoms with Crippen molar-refractivity contribution in [3.8, 4) is 0 Å². The van der Waals surface area contributed by atoms with Crippen LogP contribution in [0, 0.1) is 17.8 Å². The largest absolute Gasteiger partial charge is 0.353 e. The normalized spacial score (nSPS) is 33.3. The van der Waals surface area contributed by atoms with E-state index in [2.05, 4.69) is 0 Å². The third-order valence-corrected chi connectivity index (χ3v) is 5.37. The number of rotatable bonds is 10. The summed E-state index contributed by atoms with van der Waals surface area (Å²) in [7, 11) is 0. The molecule has 1 heterocycles. The van der Waals surface area contributed by atoms with E-state index in [9.17, 15) is 0 Å². The molecule has 2 aliphatic carbocycles. The summed E-state index contributed by atoms with van der Waals surface area (Å²) in [5.74, 6) is 3.47. The summed E-state index contributed by atoms with van der Waals surface area (Å²) in [5.41, 5.74) is 0. The van der Waals surface area contributed by atoms with Crippen molar-refractivity contribution in [2.24, 2.45) is 17.8 Å². The maximum Gasteiger partial charge on any atom is 0.157 e. The zero-order chi connectivity index (χ0) is 13.6. The molecule has 0 N–H and O–H groups in total. The van der Waals surface area contributed by atoms with E-state index < -0.39 is 0 Å². The van der Waals surface area contributed by atoms with E-state index in [1.54, 1.807) is 19.3 Å². The molecule has 1 aliphatic heterocycles. The zero-order valence-electron chi connectivity index (χ0n) is 13.0. The molecule has 2 nitrogen and oxygen atoms in total. The fourth-order valence-electron chi connectivity index (χ4n) is 3.80. The molecule has 0 aromatic carbocycles. The molecule has 3 atom stereocenters. The molecule has 2 heteroatoms. The lowest BCUT2D eigenvalue weighted by Gasteiger charge is -2.22. The monoisotopic (exact) mass is 280 g/mol. The van der Waals surface area contributed by atoms with Gasteiger partial charge < -0.3 is 9.47 Å². The average Bonchev–Trinajstić information content (AvgIpc) is 3.36. The van der Waals surface area contributed by atoms with Gasteiger partial charge in [0.15, 0.2) is 6.29 Å².